The first-order chi connectivity index (χ1) is 13.8. The van der Waals surface area contributed by atoms with Crippen LogP contribution in [0, 0.1) is 5.92 Å². The molecule has 0 radical (unpaired) electrons. The van der Waals surface area contributed by atoms with Crippen molar-refractivity contribution in [1.29, 1.82) is 0 Å². The van der Waals surface area contributed by atoms with Crippen LogP contribution in [0.25, 0.3) is 6.08 Å². The van der Waals surface area contributed by atoms with Crippen LogP contribution in [-0.2, 0) is 11.3 Å². The molecule has 29 heavy (non-hydrogen) atoms. The van der Waals surface area contributed by atoms with Gasteiger partial charge in [-0.15, -0.1) is 0 Å². The lowest BCUT2D eigenvalue weighted by atomic mass is 10.0. The van der Waals surface area contributed by atoms with E-state index >= 15 is 0 Å². The maximum atomic E-state index is 12.0. The molecule has 1 saturated heterocycles. The van der Waals surface area contributed by atoms with Gasteiger partial charge in [0.2, 0.25) is 0 Å². The van der Waals surface area contributed by atoms with Crippen molar-refractivity contribution in [2.24, 2.45) is 5.92 Å². The van der Waals surface area contributed by atoms with Crippen LogP contribution in [0.1, 0.15) is 31.9 Å². The van der Waals surface area contributed by atoms with Crippen molar-refractivity contribution in [3.63, 3.8) is 0 Å². The van der Waals surface area contributed by atoms with Gasteiger partial charge in [-0.05, 0) is 44.0 Å². The van der Waals surface area contributed by atoms with Crippen molar-refractivity contribution in [3.8, 4) is 11.5 Å². The van der Waals surface area contributed by atoms with Gasteiger partial charge < -0.3 is 19.1 Å². The van der Waals surface area contributed by atoms with Gasteiger partial charge in [0.1, 0.15) is 12.2 Å². The fourth-order valence-corrected chi connectivity index (χ4v) is 2.98. The summed E-state index contributed by atoms with van der Waals surface area (Å²) in [7, 11) is 0. The van der Waals surface area contributed by atoms with Crippen LogP contribution in [0.3, 0.4) is 0 Å². The van der Waals surface area contributed by atoms with Gasteiger partial charge in [-0.25, -0.2) is 4.79 Å². The molecule has 1 aliphatic heterocycles. The van der Waals surface area contributed by atoms with Crippen LogP contribution in [0.5, 0.6) is 11.5 Å². The molecule has 0 saturated carbocycles. The van der Waals surface area contributed by atoms with Gasteiger partial charge >= 0.3 is 6.09 Å². The highest BCUT2D eigenvalue weighted by atomic mass is 16.6. The third-order valence-corrected chi connectivity index (χ3v) is 4.52. The Morgan fingerprint density at radius 3 is 2.48 bits per heavy atom. The molecular formula is C24H29NO4. The lowest BCUT2D eigenvalue weighted by molar-refractivity contribution is -0.00801. The SMILES string of the molecule is C=Cc1ccc(OCC2CN(C(=O)OC(C)(C)C)C2)c(OCc2ccccc2)c1. The molecule has 0 unspecified atom stereocenters. The summed E-state index contributed by atoms with van der Waals surface area (Å²) >= 11 is 0. The van der Waals surface area contributed by atoms with Crippen LogP contribution in [0.2, 0.25) is 0 Å². The van der Waals surface area contributed by atoms with E-state index in [9.17, 15) is 4.79 Å². The number of likely N-dealkylation sites (tertiary alicyclic amines) is 1. The third kappa shape index (κ3) is 6.01. The number of carbonyl (C=O) groups excluding carboxylic acids is 1. The molecule has 0 bridgehead atoms. The van der Waals surface area contributed by atoms with E-state index in [1.54, 1.807) is 11.0 Å². The Morgan fingerprint density at radius 2 is 1.83 bits per heavy atom. The number of amides is 1. The summed E-state index contributed by atoms with van der Waals surface area (Å²) in [4.78, 5) is 13.7. The molecule has 1 aliphatic rings. The van der Waals surface area contributed by atoms with Crippen LogP contribution in [0.15, 0.2) is 55.1 Å². The zero-order valence-electron chi connectivity index (χ0n) is 17.4. The molecule has 0 aliphatic carbocycles. The summed E-state index contributed by atoms with van der Waals surface area (Å²) < 4.78 is 17.4. The average molecular weight is 395 g/mol. The highest BCUT2D eigenvalue weighted by Gasteiger charge is 2.34. The minimum atomic E-state index is -0.476. The summed E-state index contributed by atoms with van der Waals surface area (Å²) in [5.74, 6) is 1.67. The summed E-state index contributed by atoms with van der Waals surface area (Å²) in [6.45, 7) is 11.7. The predicted molar refractivity (Wildman–Crippen MR) is 114 cm³/mol. The number of carbonyl (C=O) groups is 1. The van der Waals surface area contributed by atoms with Gasteiger partial charge in [0.05, 0.1) is 6.61 Å². The van der Waals surface area contributed by atoms with E-state index in [0.29, 0.717) is 37.8 Å². The van der Waals surface area contributed by atoms with Gasteiger partial charge in [0.15, 0.2) is 11.5 Å². The van der Waals surface area contributed by atoms with Gasteiger partial charge in [-0.1, -0.05) is 49.1 Å². The second-order valence-electron chi connectivity index (χ2n) is 8.25. The molecule has 1 heterocycles. The molecule has 2 aromatic carbocycles. The topological polar surface area (TPSA) is 48.0 Å². The van der Waals surface area contributed by atoms with Crippen LogP contribution >= 0.6 is 0 Å². The average Bonchev–Trinajstić information content (AvgIpc) is 2.65. The van der Waals surface area contributed by atoms with Crippen molar-refractivity contribution in [2.45, 2.75) is 33.0 Å². The second kappa shape index (κ2) is 9.03. The Bertz CT molecular complexity index is 836. The number of ether oxygens (including phenoxy) is 3. The number of hydrogen-bond acceptors (Lipinski definition) is 4. The first-order valence-electron chi connectivity index (χ1n) is 9.88. The van der Waals surface area contributed by atoms with E-state index < -0.39 is 5.60 Å². The van der Waals surface area contributed by atoms with Crippen molar-refractivity contribution in [3.05, 3.63) is 66.2 Å². The minimum absolute atomic E-state index is 0.268. The Kier molecular flexibility index (Phi) is 6.47. The van der Waals surface area contributed by atoms with E-state index in [2.05, 4.69) is 6.58 Å². The number of nitrogens with zero attached hydrogens (tertiary/aromatic N) is 1. The third-order valence-electron chi connectivity index (χ3n) is 4.52. The van der Waals surface area contributed by atoms with E-state index in [1.807, 2.05) is 69.3 Å². The molecule has 0 N–H and O–H groups in total. The molecule has 0 spiro atoms. The largest absolute Gasteiger partial charge is 0.489 e. The summed E-state index contributed by atoms with van der Waals surface area (Å²) in [5, 5.41) is 0. The lowest BCUT2D eigenvalue weighted by Gasteiger charge is -2.39. The Balaban J connectivity index is 1.54. The van der Waals surface area contributed by atoms with Crippen molar-refractivity contribution < 1.29 is 19.0 Å². The molecule has 2 aromatic rings. The first-order valence-corrected chi connectivity index (χ1v) is 9.88. The Morgan fingerprint density at radius 1 is 1.10 bits per heavy atom. The maximum absolute atomic E-state index is 12.0. The molecule has 154 valence electrons. The second-order valence-corrected chi connectivity index (χ2v) is 8.25. The van der Waals surface area contributed by atoms with Gasteiger partial charge in [0.25, 0.3) is 0 Å². The van der Waals surface area contributed by atoms with E-state index in [0.717, 1.165) is 11.1 Å². The molecule has 5 heteroatoms. The Labute approximate surface area is 172 Å². The smallest absolute Gasteiger partial charge is 0.410 e. The fraction of sp³-hybridized carbons (Fsp3) is 0.375. The number of benzene rings is 2. The van der Waals surface area contributed by atoms with E-state index in [4.69, 9.17) is 14.2 Å². The van der Waals surface area contributed by atoms with Crippen molar-refractivity contribution in [2.75, 3.05) is 19.7 Å². The van der Waals surface area contributed by atoms with E-state index in [-0.39, 0.29) is 12.0 Å². The number of hydrogen-bond donors (Lipinski definition) is 0. The van der Waals surface area contributed by atoms with Crippen LogP contribution in [-0.4, -0.2) is 36.3 Å². The fourth-order valence-electron chi connectivity index (χ4n) is 2.98. The molecule has 1 amide bonds. The van der Waals surface area contributed by atoms with Crippen molar-refractivity contribution >= 4 is 12.2 Å². The van der Waals surface area contributed by atoms with E-state index in [1.165, 1.54) is 0 Å². The predicted octanol–water partition coefficient (Wildman–Crippen LogP) is 5.15. The monoisotopic (exact) mass is 395 g/mol. The maximum Gasteiger partial charge on any atom is 0.410 e. The standard InChI is InChI=1S/C24H29NO4/c1-5-18-11-12-21(22(13-18)28-16-19-9-7-6-8-10-19)27-17-20-14-25(15-20)23(26)29-24(2,3)4/h5-13,20H,1,14-17H2,2-4H3. The minimum Gasteiger partial charge on any atom is -0.489 e. The van der Waals surface area contributed by atoms with Crippen molar-refractivity contribution in [1.82, 2.24) is 4.90 Å². The number of rotatable bonds is 7. The normalized spacial score (nSPS) is 14.1. The Hall–Kier alpha value is -2.95. The lowest BCUT2D eigenvalue weighted by Crippen LogP contribution is -2.53. The summed E-state index contributed by atoms with van der Waals surface area (Å²) in [6, 6.07) is 15.8. The van der Waals surface area contributed by atoms with Gasteiger partial charge in [0, 0.05) is 19.0 Å². The summed E-state index contributed by atoms with van der Waals surface area (Å²) in [5.41, 5.74) is 1.59. The van der Waals surface area contributed by atoms with Crippen LogP contribution in [0.4, 0.5) is 4.79 Å². The highest BCUT2D eigenvalue weighted by molar-refractivity contribution is 5.69. The zero-order valence-corrected chi connectivity index (χ0v) is 17.4. The highest BCUT2D eigenvalue weighted by Crippen LogP contribution is 2.31. The van der Waals surface area contributed by atoms with Gasteiger partial charge in [-0.2, -0.15) is 0 Å². The molecule has 0 aromatic heterocycles. The molecule has 1 fully saturated rings. The molecule has 0 atom stereocenters. The molecule has 5 nitrogen and oxygen atoms in total. The summed E-state index contributed by atoms with van der Waals surface area (Å²) in [6.07, 6.45) is 1.51. The molecule has 3 rings (SSSR count). The quantitative estimate of drug-likeness (QED) is 0.650. The zero-order chi connectivity index (χ0) is 20.9. The first kappa shape index (κ1) is 20.8. The van der Waals surface area contributed by atoms with Gasteiger partial charge in [-0.3, -0.25) is 0 Å². The van der Waals surface area contributed by atoms with Crippen LogP contribution < -0.4 is 9.47 Å². The molecular weight excluding hydrogens is 366 g/mol.